The summed E-state index contributed by atoms with van der Waals surface area (Å²) in [5.41, 5.74) is 4.49. The summed E-state index contributed by atoms with van der Waals surface area (Å²) in [5, 5.41) is 9.52. The summed E-state index contributed by atoms with van der Waals surface area (Å²) in [6.45, 7) is 1.79. The van der Waals surface area contributed by atoms with Gasteiger partial charge in [0.1, 0.15) is 18.6 Å². The van der Waals surface area contributed by atoms with Crippen LogP contribution in [-0.2, 0) is 11.3 Å². The number of methoxy groups -OCH3 is 1. The molecule has 0 unspecified atom stereocenters. The zero-order valence-corrected chi connectivity index (χ0v) is 19.3. The largest absolute Gasteiger partial charge is 0.495 e. The van der Waals surface area contributed by atoms with Crippen LogP contribution in [0.4, 0.5) is 5.69 Å². The molecule has 1 N–H and O–H groups in total. The number of amides is 1. The van der Waals surface area contributed by atoms with Crippen molar-refractivity contribution >= 4 is 50.4 Å². The van der Waals surface area contributed by atoms with Gasteiger partial charge in [-0.25, -0.2) is 18.9 Å². The first-order chi connectivity index (χ1) is 15.9. The summed E-state index contributed by atoms with van der Waals surface area (Å²) in [6, 6.07) is 13.1. The van der Waals surface area contributed by atoms with Crippen molar-refractivity contribution in [3.05, 3.63) is 75.2 Å². The van der Waals surface area contributed by atoms with Crippen LogP contribution in [0.1, 0.15) is 5.56 Å². The van der Waals surface area contributed by atoms with Crippen molar-refractivity contribution in [2.75, 3.05) is 12.4 Å². The number of carbonyl (C=O) groups excluding carboxylic acids is 1. The number of ether oxygens (including phenoxy) is 1. The summed E-state index contributed by atoms with van der Waals surface area (Å²) in [4.78, 5) is 29.9. The molecule has 33 heavy (non-hydrogen) atoms. The minimum Gasteiger partial charge on any atom is -0.495 e. The van der Waals surface area contributed by atoms with E-state index < -0.39 is 11.6 Å². The molecule has 3 aromatic heterocycles. The maximum absolute atomic E-state index is 12.8. The van der Waals surface area contributed by atoms with Crippen molar-refractivity contribution in [3.63, 3.8) is 0 Å². The molecule has 5 rings (SSSR count). The van der Waals surface area contributed by atoms with Crippen LogP contribution in [0, 0.1) is 6.92 Å². The van der Waals surface area contributed by atoms with Gasteiger partial charge in [0.2, 0.25) is 5.91 Å². The third-order valence-electron chi connectivity index (χ3n) is 5.23. The number of anilines is 1. The summed E-state index contributed by atoms with van der Waals surface area (Å²) in [7, 11) is 1.51. The van der Waals surface area contributed by atoms with E-state index in [1.54, 1.807) is 18.2 Å². The van der Waals surface area contributed by atoms with Crippen molar-refractivity contribution in [1.82, 2.24) is 19.2 Å². The van der Waals surface area contributed by atoms with Gasteiger partial charge in [0.15, 0.2) is 5.65 Å². The standard InChI is InChI=1S/C23H18ClN5O3S/c1-13-3-5-14(6-4-13)16-11-33-21-20(16)25-12-28-22(21)27-29(23(28)31)10-19(30)26-15-7-8-18(32-2)17(24)9-15/h3-9,11-12H,10H2,1-2H3,(H,26,30). The van der Waals surface area contributed by atoms with E-state index in [0.717, 1.165) is 26.0 Å². The molecule has 5 aromatic rings. The summed E-state index contributed by atoms with van der Waals surface area (Å²) >= 11 is 7.57. The number of nitrogens with one attached hydrogen (secondary N) is 1. The average molecular weight is 480 g/mol. The molecule has 1 amide bonds. The number of thiophene rings is 1. The zero-order valence-electron chi connectivity index (χ0n) is 17.7. The Hall–Kier alpha value is -3.69. The van der Waals surface area contributed by atoms with E-state index in [0.29, 0.717) is 22.1 Å². The molecule has 0 fully saturated rings. The zero-order chi connectivity index (χ0) is 23.1. The molecular weight excluding hydrogens is 462 g/mol. The molecule has 0 saturated heterocycles. The number of carbonyl (C=O) groups is 1. The number of nitrogens with zero attached hydrogens (tertiary/aromatic N) is 4. The predicted octanol–water partition coefficient (Wildman–Crippen LogP) is 4.38. The second kappa shape index (κ2) is 8.34. The Morgan fingerprint density at radius 1 is 1.21 bits per heavy atom. The molecular formula is C23H18ClN5O3S. The van der Waals surface area contributed by atoms with E-state index in [1.165, 1.54) is 34.7 Å². The fraction of sp³-hybridized carbons (Fsp3) is 0.130. The second-order valence-corrected chi connectivity index (χ2v) is 8.76. The molecule has 0 spiro atoms. The normalized spacial score (nSPS) is 11.2. The van der Waals surface area contributed by atoms with Crippen LogP contribution in [-0.4, -0.2) is 32.2 Å². The van der Waals surface area contributed by atoms with Crippen LogP contribution in [0.15, 0.2) is 59.0 Å². The van der Waals surface area contributed by atoms with Crippen molar-refractivity contribution in [2.45, 2.75) is 13.5 Å². The van der Waals surface area contributed by atoms with Gasteiger partial charge in [0.05, 0.1) is 22.3 Å². The quantitative estimate of drug-likeness (QED) is 0.404. The van der Waals surface area contributed by atoms with Gasteiger partial charge < -0.3 is 10.1 Å². The third-order valence-corrected chi connectivity index (χ3v) is 6.49. The van der Waals surface area contributed by atoms with Crippen LogP contribution in [0.5, 0.6) is 5.75 Å². The second-order valence-electron chi connectivity index (χ2n) is 7.47. The maximum atomic E-state index is 12.8. The van der Waals surface area contributed by atoms with Crippen LogP contribution in [0.25, 0.3) is 27.0 Å². The van der Waals surface area contributed by atoms with Crippen LogP contribution < -0.4 is 15.7 Å². The minimum atomic E-state index is -0.437. The molecule has 0 aliphatic rings. The van der Waals surface area contributed by atoms with Gasteiger partial charge in [-0.1, -0.05) is 41.4 Å². The SMILES string of the molecule is COc1ccc(NC(=O)Cn2nc3c4scc(-c5ccc(C)cc5)c4ncn3c2=O)cc1Cl. The Morgan fingerprint density at radius 3 is 2.73 bits per heavy atom. The molecule has 166 valence electrons. The van der Waals surface area contributed by atoms with Gasteiger partial charge in [-0.3, -0.25) is 4.79 Å². The average Bonchev–Trinajstić information content (AvgIpc) is 3.36. The first-order valence-corrected chi connectivity index (χ1v) is 11.3. The van der Waals surface area contributed by atoms with E-state index in [4.69, 9.17) is 16.3 Å². The number of rotatable bonds is 5. The summed E-state index contributed by atoms with van der Waals surface area (Å²) < 4.78 is 8.38. The van der Waals surface area contributed by atoms with E-state index in [2.05, 4.69) is 15.4 Å². The lowest BCUT2D eigenvalue weighted by Gasteiger charge is -2.07. The number of aromatic nitrogens is 4. The molecule has 3 heterocycles. The van der Waals surface area contributed by atoms with Crippen molar-refractivity contribution in [1.29, 1.82) is 0 Å². The predicted molar refractivity (Wildman–Crippen MR) is 129 cm³/mol. The smallest absolute Gasteiger partial charge is 0.352 e. The molecule has 0 aliphatic heterocycles. The van der Waals surface area contributed by atoms with Crippen LogP contribution >= 0.6 is 22.9 Å². The van der Waals surface area contributed by atoms with E-state index in [-0.39, 0.29) is 6.54 Å². The van der Waals surface area contributed by atoms with Crippen molar-refractivity contribution in [3.8, 4) is 16.9 Å². The van der Waals surface area contributed by atoms with Crippen molar-refractivity contribution < 1.29 is 9.53 Å². The van der Waals surface area contributed by atoms with E-state index in [9.17, 15) is 9.59 Å². The van der Waals surface area contributed by atoms with Gasteiger partial charge in [0.25, 0.3) is 0 Å². The fourth-order valence-corrected chi connectivity index (χ4v) is 4.81. The van der Waals surface area contributed by atoms with Gasteiger partial charge >= 0.3 is 5.69 Å². The van der Waals surface area contributed by atoms with Gasteiger partial charge in [-0.15, -0.1) is 16.4 Å². The van der Waals surface area contributed by atoms with E-state index >= 15 is 0 Å². The number of hydrogen-bond acceptors (Lipinski definition) is 6. The number of fused-ring (bicyclic) bond motifs is 3. The molecule has 10 heteroatoms. The molecule has 0 aliphatic carbocycles. The van der Waals surface area contributed by atoms with E-state index in [1.807, 2.05) is 36.6 Å². The topological polar surface area (TPSA) is 90.5 Å². The molecule has 0 radical (unpaired) electrons. The van der Waals surface area contributed by atoms with Gasteiger partial charge in [-0.05, 0) is 30.7 Å². The number of hydrogen-bond donors (Lipinski definition) is 1. The lowest BCUT2D eigenvalue weighted by atomic mass is 10.1. The van der Waals surface area contributed by atoms with Crippen molar-refractivity contribution in [2.24, 2.45) is 0 Å². The van der Waals surface area contributed by atoms with Gasteiger partial charge in [0, 0.05) is 16.6 Å². The van der Waals surface area contributed by atoms with Crippen LogP contribution in [0.3, 0.4) is 0 Å². The summed E-state index contributed by atoms with van der Waals surface area (Å²) in [5.74, 6) is 0.0983. The highest BCUT2D eigenvalue weighted by Crippen LogP contribution is 2.34. The lowest BCUT2D eigenvalue weighted by molar-refractivity contribution is -0.117. The molecule has 8 nitrogen and oxygen atoms in total. The van der Waals surface area contributed by atoms with Crippen LogP contribution in [0.2, 0.25) is 5.02 Å². The Balaban J connectivity index is 1.46. The molecule has 2 aromatic carbocycles. The third kappa shape index (κ3) is 3.85. The number of aryl methyl sites for hydroxylation is 1. The maximum Gasteiger partial charge on any atom is 0.352 e. The van der Waals surface area contributed by atoms with Gasteiger partial charge in [-0.2, -0.15) is 0 Å². The molecule has 0 bridgehead atoms. The first kappa shape index (κ1) is 21.2. The number of benzene rings is 2. The highest BCUT2D eigenvalue weighted by molar-refractivity contribution is 7.18. The summed E-state index contributed by atoms with van der Waals surface area (Å²) in [6.07, 6.45) is 1.45. The Labute approximate surface area is 197 Å². The molecule has 0 atom stereocenters. The Kier molecular flexibility index (Phi) is 5.35. The minimum absolute atomic E-state index is 0.248. The highest BCUT2D eigenvalue weighted by atomic mass is 35.5. The first-order valence-electron chi connectivity index (χ1n) is 10.0. The monoisotopic (exact) mass is 479 g/mol. The lowest BCUT2D eigenvalue weighted by Crippen LogP contribution is -2.28. The number of halogens is 1. The Morgan fingerprint density at radius 2 is 2.00 bits per heavy atom. The fourth-order valence-electron chi connectivity index (χ4n) is 3.55. The highest BCUT2D eigenvalue weighted by Gasteiger charge is 2.17. The molecule has 0 saturated carbocycles. The Bertz CT molecular complexity index is 1570.